The van der Waals surface area contributed by atoms with Crippen molar-refractivity contribution in [2.45, 2.75) is 57.5 Å². The van der Waals surface area contributed by atoms with Crippen molar-refractivity contribution in [2.75, 3.05) is 24.5 Å². The van der Waals surface area contributed by atoms with Gasteiger partial charge in [0, 0.05) is 42.6 Å². The van der Waals surface area contributed by atoms with Crippen LogP contribution in [0.25, 0.3) is 10.9 Å². The number of carbonyl (C=O) groups excluding carboxylic acids is 1. The van der Waals surface area contributed by atoms with Crippen LogP contribution in [0.1, 0.15) is 49.2 Å². The maximum Gasteiger partial charge on any atom is 0.228 e. The predicted molar refractivity (Wildman–Crippen MR) is 148 cm³/mol. The molecule has 1 saturated carbocycles. The topological polar surface area (TPSA) is 54.3 Å². The Morgan fingerprint density at radius 2 is 1.84 bits per heavy atom. The molecule has 1 atom stereocenters. The zero-order chi connectivity index (χ0) is 25.2. The largest absolute Gasteiger partial charge is 0.368 e. The molecule has 2 aromatic heterocycles. The molecule has 2 aromatic carbocycles. The van der Waals surface area contributed by atoms with Crippen molar-refractivity contribution in [2.24, 2.45) is 0 Å². The van der Waals surface area contributed by atoms with Crippen LogP contribution in [0.15, 0.2) is 72.9 Å². The highest BCUT2D eigenvalue weighted by atomic mass is 16.2. The van der Waals surface area contributed by atoms with E-state index in [1.807, 2.05) is 24.3 Å². The number of hydrogen-bond donors (Lipinski definition) is 0. The molecule has 190 valence electrons. The van der Waals surface area contributed by atoms with Crippen LogP contribution >= 0.6 is 0 Å². The lowest BCUT2D eigenvalue weighted by Crippen LogP contribution is -2.56. The van der Waals surface area contributed by atoms with Gasteiger partial charge in [0.15, 0.2) is 0 Å². The molecular formula is C31H35N5O. The van der Waals surface area contributed by atoms with Gasteiger partial charge in [-0.1, -0.05) is 43.3 Å². The Morgan fingerprint density at radius 3 is 2.57 bits per heavy atom. The summed E-state index contributed by atoms with van der Waals surface area (Å²) >= 11 is 0. The van der Waals surface area contributed by atoms with E-state index in [9.17, 15) is 4.79 Å². The Bertz CT molecular complexity index is 1360. The van der Waals surface area contributed by atoms with E-state index in [2.05, 4.69) is 68.9 Å². The Morgan fingerprint density at radius 1 is 1.00 bits per heavy atom. The van der Waals surface area contributed by atoms with E-state index < -0.39 is 0 Å². The molecule has 37 heavy (non-hydrogen) atoms. The van der Waals surface area contributed by atoms with E-state index in [1.165, 1.54) is 47.1 Å². The molecule has 2 fully saturated rings. The summed E-state index contributed by atoms with van der Waals surface area (Å²) in [5, 5.41) is 6.28. The van der Waals surface area contributed by atoms with E-state index in [-0.39, 0.29) is 11.9 Å². The summed E-state index contributed by atoms with van der Waals surface area (Å²) in [6.07, 6.45) is 7.64. The van der Waals surface area contributed by atoms with Crippen LogP contribution in [0.3, 0.4) is 0 Å². The van der Waals surface area contributed by atoms with Crippen molar-refractivity contribution >= 4 is 22.5 Å². The van der Waals surface area contributed by atoms with Gasteiger partial charge in [0.05, 0.1) is 29.7 Å². The van der Waals surface area contributed by atoms with Crippen molar-refractivity contribution in [1.29, 1.82) is 0 Å². The second kappa shape index (κ2) is 10.4. The van der Waals surface area contributed by atoms with Gasteiger partial charge in [-0.25, -0.2) is 0 Å². The zero-order valence-electron chi connectivity index (χ0n) is 21.6. The predicted octanol–water partition coefficient (Wildman–Crippen LogP) is 5.22. The first-order valence-electron chi connectivity index (χ1n) is 13.7. The van der Waals surface area contributed by atoms with Gasteiger partial charge < -0.3 is 9.80 Å². The van der Waals surface area contributed by atoms with E-state index in [1.54, 1.807) is 6.20 Å². The van der Waals surface area contributed by atoms with Crippen molar-refractivity contribution in [3.63, 3.8) is 0 Å². The van der Waals surface area contributed by atoms with Crippen molar-refractivity contribution < 1.29 is 4.79 Å². The third kappa shape index (κ3) is 4.85. The summed E-state index contributed by atoms with van der Waals surface area (Å²) in [4.78, 5) is 22.4. The van der Waals surface area contributed by atoms with Crippen LogP contribution in [0.4, 0.5) is 5.69 Å². The SMILES string of the molecule is CCc1nn(C2CCC2)c2cc(N3CCN(C(=O)Cc4ccccn4)C(Cc4ccccc4)C3)ccc12. The number of anilines is 1. The molecule has 2 aliphatic rings. The molecular weight excluding hydrogens is 458 g/mol. The molecule has 6 heteroatoms. The number of nitrogens with zero attached hydrogens (tertiary/aromatic N) is 5. The number of benzene rings is 2. The molecule has 0 spiro atoms. The van der Waals surface area contributed by atoms with Gasteiger partial charge in [-0.2, -0.15) is 5.10 Å². The van der Waals surface area contributed by atoms with E-state index >= 15 is 0 Å². The molecule has 6 rings (SSSR count). The van der Waals surface area contributed by atoms with Crippen molar-refractivity contribution in [3.8, 4) is 0 Å². The first-order chi connectivity index (χ1) is 18.2. The van der Waals surface area contributed by atoms with Gasteiger partial charge in [0.25, 0.3) is 0 Å². The number of carbonyl (C=O) groups is 1. The highest BCUT2D eigenvalue weighted by molar-refractivity contribution is 5.86. The minimum atomic E-state index is 0.103. The number of pyridine rings is 1. The third-order valence-corrected chi connectivity index (χ3v) is 8.06. The van der Waals surface area contributed by atoms with Gasteiger partial charge in [0.1, 0.15) is 0 Å². The molecule has 3 heterocycles. The third-order valence-electron chi connectivity index (χ3n) is 8.06. The number of rotatable bonds is 7. The lowest BCUT2D eigenvalue weighted by Gasteiger charge is -2.43. The Kier molecular flexibility index (Phi) is 6.64. The molecule has 0 radical (unpaired) electrons. The summed E-state index contributed by atoms with van der Waals surface area (Å²) in [5.74, 6) is 0.158. The number of aryl methyl sites for hydroxylation is 1. The number of hydrogen-bond acceptors (Lipinski definition) is 4. The standard InChI is InChI=1S/C31H35N5O/c1-2-29-28-15-14-26(21-30(28)36(33-29)25-12-8-13-25)34-17-18-35(31(37)20-24-11-6-7-16-32-24)27(22-34)19-23-9-4-3-5-10-23/h3-7,9-11,14-16,21,25,27H,2,8,12-13,17-20,22H2,1H3. The lowest BCUT2D eigenvalue weighted by atomic mass is 9.93. The molecule has 0 bridgehead atoms. The average molecular weight is 494 g/mol. The molecule has 1 saturated heterocycles. The van der Waals surface area contributed by atoms with Crippen molar-refractivity contribution in [3.05, 3.63) is 89.9 Å². The van der Waals surface area contributed by atoms with Crippen LogP contribution in [-0.4, -0.2) is 51.2 Å². The van der Waals surface area contributed by atoms with Crippen LogP contribution in [0.5, 0.6) is 0 Å². The van der Waals surface area contributed by atoms with Crippen LogP contribution in [-0.2, 0) is 24.1 Å². The average Bonchev–Trinajstić information content (AvgIpc) is 3.26. The number of fused-ring (bicyclic) bond motifs is 1. The normalized spacial score (nSPS) is 18.2. The van der Waals surface area contributed by atoms with Gasteiger partial charge in [-0.3, -0.25) is 14.5 Å². The molecule has 1 amide bonds. The van der Waals surface area contributed by atoms with Gasteiger partial charge >= 0.3 is 0 Å². The monoisotopic (exact) mass is 493 g/mol. The molecule has 1 aliphatic carbocycles. The highest BCUT2D eigenvalue weighted by Gasteiger charge is 2.31. The Hall–Kier alpha value is -3.67. The number of piperazine rings is 1. The maximum atomic E-state index is 13.4. The number of aromatic nitrogens is 3. The van der Waals surface area contributed by atoms with Gasteiger partial charge in [-0.05, 0) is 68.0 Å². The summed E-state index contributed by atoms with van der Waals surface area (Å²) < 4.78 is 2.29. The molecule has 0 N–H and O–H groups in total. The van der Waals surface area contributed by atoms with E-state index in [0.717, 1.165) is 31.6 Å². The fourth-order valence-electron chi connectivity index (χ4n) is 5.80. The minimum absolute atomic E-state index is 0.103. The van der Waals surface area contributed by atoms with Gasteiger partial charge in [-0.15, -0.1) is 0 Å². The maximum absolute atomic E-state index is 13.4. The molecule has 1 unspecified atom stereocenters. The lowest BCUT2D eigenvalue weighted by molar-refractivity contribution is -0.133. The zero-order valence-corrected chi connectivity index (χ0v) is 21.6. The number of amides is 1. The van der Waals surface area contributed by atoms with E-state index in [0.29, 0.717) is 19.0 Å². The molecule has 1 aliphatic heterocycles. The summed E-state index contributed by atoms with van der Waals surface area (Å²) in [6.45, 7) is 4.54. The first kappa shape index (κ1) is 23.7. The van der Waals surface area contributed by atoms with Crippen molar-refractivity contribution in [1.82, 2.24) is 19.7 Å². The highest BCUT2D eigenvalue weighted by Crippen LogP contribution is 2.36. The van der Waals surface area contributed by atoms with Gasteiger partial charge in [0.2, 0.25) is 5.91 Å². The second-order valence-electron chi connectivity index (χ2n) is 10.4. The van der Waals surface area contributed by atoms with Crippen LogP contribution in [0, 0.1) is 0 Å². The van der Waals surface area contributed by atoms with E-state index in [4.69, 9.17) is 5.10 Å². The summed E-state index contributed by atoms with van der Waals surface area (Å²) in [5.41, 5.74) is 5.77. The van der Waals surface area contributed by atoms with Crippen LogP contribution < -0.4 is 4.90 Å². The summed E-state index contributed by atoms with van der Waals surface area (Å²) in [7, 11) is 0. The Balaban J connectivity index is 1.27. The first-order valence-corrected chi connectivity index (χ1v) is 13.7. The fourth-order valence-corrected chi connectivity index (χ4v) is 5.80. The van der Waals surface area contributed by atoms with Crippen LogP contribution in [0.2, 0.25) is 0 Å². The fraction of sp³-hybridized carbons (Fsp3) is 0.387. The Labute approximate surface area is 218 Å². The second-order valence-corrected chi connectivity index (χ2v) is 10.4. The molecule has 4 aromatic rings. The summed E-state index contributed by atoms with van der Waals surface area (Å²) in [6, 6.07) is 23.8. The molecule has 6 nitrogen and oxygen atoms in total. The quantitative estimate of drug-likeness (QED) is 0.354. The smallest absolute Gasteiger partial charge is 0.228 e. The minimum Gasteiger partial charge on any atom is -0.368 e.